The number of hydrogen-bond donors (Lipinski definition) is 2. The van der Waals surface area contributed by atoms with E-state index in [4.69, 9.17) is 0 Å². The van der Waals surface area contributed by atoms with Gasteiger partial charge in [-0.1, -0.05) is 24.3 Å². The van der Waals surface area contributed by atoms with Crippen LogP contribution in [-0.4, -0.2) is 11.1 Å². The minimum absolute atomic E-state index is 0.403. The van der Waals surface area contributed by atoms with Crippen LogP contribution in [0.2, 0.25) is 0 Å². The summed E-state index contributed by atoms with van der Waals surface area (Å²) in [6, 6.07) is 10.4. The highest BCUT2D eigenvalue weighted by molar-refractivity contribution is 5.80. The molecule has 0 aliphatic heterocycles. The average molecular weight is 273 g/mol. The molecule has 3 nitrogen and oxygen atoms in total. The van der Waals surface area contributed by atoms with Gasteiger partial charge in [0.15, 0.2) is 6.04 Å². The number of rotatable bonds is 4. The number of carbonyl (C=O) groups is 1. The van der Waals surface area contributed by atoms with E-state index in [9.17, 15) is 14.3 Å². The molecule has 1 atom stereocenters. The van der Waals surface area contributed by atoms with E-state index in [0.29, 0.717) is 11.3 Å². The Morgan fingerprint density at radius 1 is 1.20 bits per heavy atom. The molecule has 0 radical (unpaired) electrons. The molecule has 0 aliphatic rings. The van der Waals surface area contributed by atoms with Crippen molar-refractivity contribution in [2.75, 3.05) is 5.32 Å². The van der Waals surface area contributed by atoms with E-state index in [1.807, 2.05) is 26.0 Å². The van der Waals surface area contributed by atoms with E-state index >= 15 is 0 Å². The maximum Gasteiger partial charge on any atom is 0.330 e. The van der Waals surface area contributed by atoms with Crippen LogP contribution in [0.15, 0.2) is 42.5 Å². The topological polar surface area (TPSA) is 49.3 Å². The maximum atomic E-state index is 13.2. The van der Waals surface area contributed by atoms with Crippen molar-refractivity contribution in [2.24, 2.45) is 0 Å². The Labute approximate surface area is 117 Å². The van der Waals surface area contributed by atoms with E-state index in [1.54, 1.807) is 18.2 Å². The average Bonchev–Trinajstić information content (AvgIpc) is 2.39. The van der Waals surface area contributed by atoms with Gasteiger partial charge in [-0.3, -0.25) is 0 Å². The summed E-state index contributed by atoms with van der Waals surface area (Å²) in [5, 5.41) is 12.3. The molecule has 2 aromatic carbocycles. The number of aryl methyl sites for hydroxylation is 1. The van der Waals surface area contributed by atoms with Crippen LogP contribution in [0, 0.1) is 19.7 Å². The number of halogens is 1. The highest BCUT2D eigenvalue weighted by atomic mass is 19.1. The van der Waals surface area contributed by atoms with Crippen molar-refractivity contribution < 1.29 is 14.3 Å². The van der Waals surface area contributed by atoms with Gasteiger partial charge < -0.3 is 10.4 Å². The Kier molecular flexibility index (Phi) is 4.03. The van der Waals surface area contributed by atoms with Gasteiger partial charge in [0, 0.05) is 5.69 Å². The van der Waals surface area contributed by atoms with E-state index in [-0.39, 0.29) is 0 Å². The molecule has 1 unspecified atom stereocenters. The molecule has 0 saturated carbocycles. The zero-order chi connectivity index (χ0) is 14.7. The lowest BCUT2D eigenvalue weighted by atomic mass is 9.97. The number of hydrogen-bond acceptors (Lipinski definition) is 2. The first-order valence-electron chi connectivity index (χ1n) is 6.30. The summed E-state index contributed by atoms with van der Waals surface area (Å²) in [7, 11) is 0. The minimum Gasteiger partial charge on any atom is -0.479 e. The summed E-state index contributed by atoms with van der Waals surface area (Å²) in [6.07, 6.45) is 0. The smallest absolute Gasteiger partial charge is 0.330 e. The highest BCUT2D eigenvalue weighted by Crippen LogP contribution is 2.25. The standard InChI is InChI=1S/C16H16FNO2/c1-10-5-3-8-14(11(10)2)15(16(19)20)18-13-7-4-6-12(17)9-13/h3-9,15,18H,1-2H3,(H,19,20). The number of nitrogens with one attached hydrogen (secondary N) is 1. The number of carboxylic acids is 1. The molecule has 0 aromatic heterocycles. The second-order valence-electron chi connectivity index (χ2n) is 4.72. The molecule has 0 heterocycles. The summed E-state index contributed by atoms with van der Waals surface area (Å²) in [6.45, 7) is 3.81. The van der Waals surface area contributed by atoms with Crippen molar-refractivity contribution in [1.29, 1.82) is 0 Å². The lowest BCUT2D eigenvalue weighted by molar-refractivity contribution is -0.138. The maximum absolute atomic E-state index is 13.2. The quantitative estimate of drug-likeness (QED) is 0.893. The van der Waals surface area contributed by atoms with E-state index < -0.39 is 17.8 Å². The minimum atomic E-state index is -0.997. The van der Waals surface area contributed by atoms with Crippen LogP contribution in [0.3, 0.4) is 0 Å². The molecule has 0 saturated heterocycles. The van der Waals surface area contributed by atoms with Gasteiger partial charge in [-0.2, -0.15) is 0 Å². The highest BCUT2D eigenvalue weighted by Gasteiger charge is 2.22. The Hall–Kier alpha value is -2.36. The SMILES string of the molecule is Cc1cccc(C(Nc2cccc(F)c2)C(=O)O)c1C. The van der Waals surface area contributed by atoms with Gasteiger partial charge in [0.05, 0.1) is 0 Å². The number of carboxylic acid groups (broad SMARTS) is 1. The second-order valence-corrected chi connectivity index (χ2v) is 4.72. The molecular weight excluding hydrogens is 257 g/mol. The Balaban J connectivity index is 2.37. The lowest BCUT2D eigenvalue weighted by Crippen LogP contribution is -2.21. The molecule has 4 heteroatoms. The third-order valence-corrected chi connectivity index (χ3v) is 3.34. The van der Waals surface area contributed by atoms with Crippen molar-refractivity contribution in [3.8, 4) is 0 Å². The first-order chi connectivity index (χ1) is 9.49. The second kappa shape index (κ2) is 5.74. The summed E-state index contributed by atoms with van der Waals surface area (Å²) in [4.78, 5) is 11.5. The third kappa shape index (κ3) is 2.96. The summed E-state index contributed by atoms with van der Waals surface area (Å²) < 4.78 is 13.2. The normalized spacial score (nSPS) is 11.9. The van der Waals surface area contributed by atoms with Crippen molar-refractivity contribution in [3.63, 3.8) is 0 Å². The van der Waals surface area contributed by atoms with Gasteiger partial charge in [0.25, 0.3) is 0 Å². The Bertz CT molecular complexity index is 640. The molecule has 0 spiro atoms. The first-order valence-corrected chi connectivity index (χ1v) is 6.30. The van der Waals surface area contributed by atoms with Crippen molar-refractivity contribution in [3.05, 3.63) is 65.0 Å². The van der Waals surface area contributed by atoms with Gasteiger partial charge in [0.1, 0.15) is 5.82 Å². The van der Waals surface area contributed by atoms with E-state index in [1.165, 1.54) is 12.1 Å². The molecule has 2 N–H and O–H groups in total. The molecule has 0 bridgehead atoms. The van der Waals surface area contributed by atoms with Crippen molar-refractivity contribution in [1.82, 2.24) is 0 Å². The van der Waals surface area contributed by atoms with Gasteiger partial charge in [-0.25, -0.2) is 9.18 Å². The monoisotopic (exact) mass is 273 g/mol. The van der Waals surface area contributed by atoms with Crippen LogP contribution in [0.4, 0.5) is 10.1 Å². The van der Waals surface area contributed by atoms with Crippen LogP contribution in [-0.2, 0) is 4.79 Å². The predicted molar refractivity (Wildman–Crippen MR) is 76.3 cm³/mol. The molecular formula is C16H16FNO2. The van der Waals surface area contributed by atoms with Crippen LogP contribution in [0.25, 0.3) is 0 Å². The van der Waals surface area contributed by atoms with Gasteiger partial charge in [0.2, 0.25) is 0 Å². The summed E-state index contributed by atoms with van der Waals surface area (Å²) in [5.41, 5.74) is 3.07. The number of aliphatic carboxylic acids is 1. The Morgan fingerprint density at radius 2 is 1.90 bits per heavy atom. The zero-order valence-corrected chi connectivity index (χ0v) is 11.4. The summed E-state index contributed by atoms with van der Waals surface area (Å²) in [5.74, 6) is -1.40. The first kappa shape index (κ1) is 14.1. The van der Waals surface area contributed by atoms with Crippen molar-refractivity contribution >= 4 is 11.7 Å². The van der Waals surface area contributed by atoms with Gasteiger partial charge >= 0.3 is 5.97 Å². The molecule has 2 rings (SSSR count). The van der Waals surface area contributed by atoms with Crippen molar-refractivity contribution in [2.45, 2.75) is 19.9 Å². The van der Waals surface area contributed by atoms with E-state index in [0.717, 1.165) is 11.1 Å². The van der Waals surface area contributed by atoms with E-state index in [2.05, 4.69) is 5.32 Å². The fourth-order valence-electron chi connectivity index (χ4n) is 2.10. The van der Waals surface area contributed by atoms with Crippen LogP contribution in [0.1, 0.15) is 22.7 Å². The molecule has 0 aliphatic carbocycles. The van der Waals surface area contributed by atoms with Crippen LogP contribution < -0.4 is 5.32 Å². The van der Waals surface area contributed by atoms with Crippen LogP contribution >= 0.6 is 0 Å². The molecule has 104 valence electrons. The molecule has 20 heavy (non-hydrogen) atoms. The molecule has 0 amide bonds. The van der Waals surface area contributed by atoms with Gasteiger partial charge in [-0.15, -0.1) is 0 Å². The fourth-order valence-corrected chi connectivity index (χ4v) is 2.10. The predicted octanol–water partition coefficient (Wildman–Crippen LogP) is 3.68. The largest absolute Gasteiger partial charge is 0.479 e. The Morgan fingerprint density at radius 3 is 2.55 bits per heavy atom. The molecule has 2 aromatic rings. The third-order valence-electron chi connectivity index (χ3n) is 3.34. The van der Waals surface area contributed by atoms with Gasteiger partial charge in [-0.05, 0) is 48.7 Å². The molecule has 0 fully saturated rings. The fraction of sp³-hybridized carbons (Fsp3) is 0.188. The zero-order valence-electron chi connectivity index (χ0n) is 11.4. The lowest BCUT2D eigenvalue weighted by Gasteiger charge is -2.19. The number of anilines is 1. The number of benzene rings is 2. The summed E-state index contributed by atoms with van der Waals surface area (Å²) >= 11 is 0. The van der Waals surface area contributed by atoms with Crippen LogP contribution in [0.5, 0.6) is 0 Å².